The molecule has 0 unspecified atom stereocenters. The predicted octanol–water partition coefficient (Wildman–Crippen LogP) is 31.7. The Hall–Kier alpha value is -5.12. The van der Waals surface area contributed by atoms with E-state index in [9.17, 15) is 19.7 Å². The van der Waals surface area contributed by atoms with Crippen LogP contribution in [0.3, 0.4) is 0 Å². The first-order valence-corrected chi connectivity index (χ1v) is 50.4. The van der Waals surface area contributed by atoms with Crippen molar-refractivity contribution in [3.8, 4) is 5.75 Å². The third-order valence-corrected chi connectivity index (χ3v) is 22.8. The average Bonchev–Trinajstić information content (AvgIpc) is 0.883. The highest BCUT2D eigenvalue weighted by Crippen LogP contribution is 2.23. The summed E-state index contributed by atoms with van der Waals surface area (Å²) in [5.74, 6) is 0.252. The van der Waals surface area contributed by atoms with E-state index in [1.165, 1.54) is 255 Å². The van der Waals surface area contributed by atoms with E-state index in [1.807, 2.05) is 0 Å². The summed E-state index contributed by atoms with van der Waals surface area (Å²) in [4.78, 5) is 45.7. The third kappa shape index (κ3) is 83.8. The van der Waals surface area contributed by atoms with Gasteiger partial charge >= 0.3 is 12.3 Å². The lowest BCUT2D eigenvalue weighted by atomic mass is 10.0. The van der Waals surface area contributed by atoms with E-state index in [-0.39, 0.29) is 23.6 Å². The number of likely N-dealkylation sites (N-methyl/N-ethyl adjacent to an activating group) is 2. The second-order valence-electron chi connectivity index (χ2n) is 33.9. The van der Waals surface area contributed by atoms with Gasteiger partial charge in [-0.25, -0.2) is 9.59 Å². The van der Waals surface area contributed by atoms with Crippen LogP contribution in [0.2, 0.25) is 0 Å². The van der Waals surface area contributed by atoms with E-state index >= 15 is 0 Å². The Bertz CT molecular complexity index is 2480. The predicted molar refractivity (Wildman–Crippen MR) is 521 cm³/mol. The van der Waals surface area contributed by atoms with Gasteiger partial charge in [0.1, 0.15) is 24.6 Å². The van der Waals surface area contributed by atoms with Gasteiger partial charge in [0.2, 0.25) is 0 Å². The number of unbranched alkanes of at least 4 members (excludes halogenated alkanes) is 37. The van der Waals surface area contributed by atoms with Crippen molar-refractivity contribution in [1.29, 1.82) is 0 Å². The molecule has 14 heteroatoms. The van der Waals surface area contributed by atoms with Gasteiger partial charge in [-0.3, -0.25) is 19.9 Å². The number of aliphatic hydroxyl groups excluding tert-OH is 1. The van der Waals surface area contributed by atoms with Crippen LogP contribution in [0.15, 0.2) is 121 Å². The minimum Gasteiger partial charge on any atom is -0.433 e. The molecule has 0 amide bonds. The van der Waals surface area contributed by atoms with Gasteiger partial charge in [0.05, 0.1) is 4.92 Å². The summed E-state index contributed by atoms with van der Waals surface area (Å²) in [7, 11) is 0. The Balaban J connectivity index is 0. The van der Waals surface area contributed by atoms with Crippen molar-refractivity contribution in [2.45, 2.75) is 454 Å². The molecule has 0 spiro atoms. The molecule has 1 N–H and O–H groups in total. The number of ether oxygens (including phenoxy) is 4. The van der Waals surface area contributed by atoms with Gasteiger partial charge in [-0.1, -0.05) is 307 Å². The molecule has 0 saturated heterocycles. The number of carbonyl (C=O) groups excluding carboxylic acids is 2. The molecule has 0 atom stereocenters. The molecule has 0 radical (unpaired) electrons. The van der Waals surface area contributed by atoms with Crippen LogP contribution in [0.5, 0.6) is 5.75 Å². The molecule has 0 aliphatic heterocycles. The fourth-order valence-corrected chi connectivity index (χ4v) is 14.6. The van der Waals surface area contributed by atoms with Crippen molar-refractivity contribution in [3.63, 3.8) is 0 Å². The molecule has 0 bridgehead atoms. The zero-order chi connectivity index (χ0) is 88.1. The quantitative estimate of drug-likeness (QED) is 0.0165. The second-order valence-corrected chi connectivity index (χ2v) is 33.9. The average molecular weight is 1680 g/mol. The Kier molecular flexibility index (Phi) is 92.1. The lowest BCUT2D eigenvalue weighted by Crippen LogP contribution is -2.40. The first-order chi connectivity index (χ1) is 58.7. The monoisotopic (exact) mass is 1680 g/mol. The maximum Gasteiger partial charge on any atom is 0.514 e. The van der Waals surface area contributed by atoms with E-state index in [2.05, 4.69) is 200 Å². The summed E-state index contributed by atoms with van der Waals surface area (Å²) in [6.07, 6.45) is 100. The number of aliphatic hydroxyl groups is 1. The Morgan fingerprint density at radius 1 is 0.342 bits per heavy atom. The van der Waals surface area contributed by atoms with E-state index in [4.69, 9.17) is 24.1 Å². The van der Waals surface area contributed by atoms with Gasteiger partial charge in [0.25, 0.3) is 5.69 Å². The topological polar surface area (TPSA) is 147 Å². The summed E-state index contributed by atoms with van der Waals surface area (Å²) in [5.41, 5.74) is -0.0432. The summed E-state index contributed by atoms with van der Waals surface area (Å²) in [5, 5.41) is 19.7. The lowest BCUT2D eigenvalue weighted by molar-refractivity contribution is -0.384. The molecule has 1 rings (SSSR count). The van der Waals surface area contributed by atoms with Crippen LogP contribution in [-0.4, -0.2) is 145 Å². The number of benzene rings is 1. The fraction of sp³-hybridized carbons (Fsp3) is 0.774. The molecule has 120 heavy (non-hydrogen) atoms. The zero-order valence-electron chi connectivity index (χ0n) is 80.5. The summed E-state index contributed by atoms with van der Waals surface area (Å²) in [6, 6.07) is 6.54. The number of non-ortho nitro benzene ring substituents is 1. The molecule has 0 saturated carbocycles. The van der Waals surface area contributed by atoms with Crippen LogP contribution in [-0.2, 0) is 14.2 Å². The van der Waals surface area contributed by atoms with Crippen LogP contribution in [0.25, 0.3) is 0 Å². The van der Waals surface area contributed by atoms with Gasteiger partial charge in [0.15, 0.2) is 0 Å². The summed E-state index contributed by atoms with van der Waals surface area (Å²) in [6.45, 7) is 38.1. The van der Waals surface area contributed by atoms with Crippen molar-refractivity contribution >= 4 is 18.0 Å². The van der Waals surface area contributed by atoms with Crippen LogP contribution in [0.1, 0.15) is 430 Å². The normalized spacial score (nSPS) is 12.2. The maximum absolute atomic E-state index is 12.8. The minimum absolute atomic E-state index is 0.0296. The maximum atomic E-state index is 12.8. The fourth-order valence-electron chi connectivity index (χ4n) is 14.6. The Morgan fingerprint density at radius 3 is 0.892 bits per heavy atom. The zero-order valence-corrected chi connectivity index (χ0v) is 80.5. The van der Waals surface area contributed by atoms with Crippen molar-refractivity contribution < 1.29 is 38.6 Å². The molecule has 14 nitrogen and oxygen atoms in total. The number of hydrogen-bond donors (Lipinski definition) is 1. The highest BCUT2D eigenvalue weighted by atomic mass is 16.7. The molecular formula is C106H193N5O9. The van der Waals surface area contributed by atoms with Crippen molar-refractivity contribution in [2.75, 3.05) is 78.7 Å². The lowest BCUT2D eigenvalue weighted by Gasteiger charge is -2.29. The van der Waals surface area contributed by atoms with E-state index in [0.717, 1.165) is 181 Å². The highest BCUT2D eigenvalue weighted by Gasteiger charge is 2.20. The van der Waals surface area contributed by atoms with Crippen LogP contribution in [0, 0.1) is 10.1 Å². The number of hydrogen-bond acceptors (Lipinski definition) is 13. The molecule has 0 fully saturated rings. The molecule has 0 aliphatic rings. The molecule has 0 aromatic heterocycles. The third-order valence-electron chi connectivity index (χ3n) is 22.8. The van der Waals surface area contributed by atoms with E-state index in [0.29, 0.717) is 25.3 Å². The molecule has 696 valence electrons. The minimum atomic E-state index is -0.732. The Morgan fingerprint density at radius 2 is 0.617 bits per heavy atom. The number of rotatable bonds is 83. The van der Waals surface area contributed by atoms with Crippen molar-refractivity contribution in [3.05, 3.63) is 132 Å². The van der Waals surface area contributed by atoms with Gasteiger partial charge < -0.3 is 33.9 Å². The number of carbonyl (C=O) groups is 2. The van der Waals surface area contributed by atoms with Crippen LogP contribution < -0.4 is 4.74 Å². The van der Waals surface area contributed by atoms with Crippen molar-refractivity contribution in [1.82, 2.24) is 19.6 Å². The van der Waals surface area contributed by atoms with Gasteiger partial charge in [-0.05, 0) is 265 Å². The summed E-state index contributed by atoms with van der Waals surface area (Å²) < 4.78 is 22.7. The molecule has 1 aromatic carbocycles. The van der Waals surface area contributed by atoms with Gasteiger partial charge in [-0.2, -0.15) is 0 Å². The standard InChI is InChI=1S/C49H92N2O3.C44H71NO5.C13H30N2O/c1-7-11-13-15-17-19-21-23-25-27-29-31-33-35-37-39-41-48(54-49(52)53-46-45-51(47(5)6)44-43-50(9-3)10-4)42-40-38-36-34-32-30-28-26-24-22-20-18-16-14-12-8-2;1-3-5-7-9-11-13-15-17-19-21-23-25-27-29-31-33-35-42(49-44(46)50-43-39-37-41(38-40-43)45(47)48)36-34-32-30-28-26-24-22-20-18-16-14-12-10-8-6-4-2;1-5-14(6-2)10-11-15(13(3)4)9-7-8-12-16/h17-20,23-26,47-48H,7-16,21-22,27-46H2,1-6H3;11-14,17-20,37-40,42H,3-10,15-16,21-36H2,1-2H3;13,16H,5-12H2,1-4H3/b19-17-,20-18-,25-23-,26-24-;13-11-,14-12-,19-17-,20-18-;. The summed E-state index contributed by atoms with van der Waals surface area (Å²) >= 11 is 0. The molecule has 0 aliphatic carbocycles. The van der Waals surface area contributed by atoms with Gasteiger partial charge in [-0.15, -0.1) is 0 Å². The SMILES string of the molecule is CCCCC/C=C\C/C=C\CCCCCCCCC(CCCCCCCC/C=C\C/C=C\CCCCC)OC(=O)OCCN(CCN(CC)CC)C(C)C.CCCCC/C=C\C/C=C\CCCCCCCCC(CCCCCCCC/C=C\C/C=C\CCCCC)OC(=O)Oc1ccc([N+](=O)[O-])cc1.CCN(CC)CCN(CCCCO)C(C)C. The number of nitrogens with zero attached hydrogens (tertiary/aromatic N) is 5. The number of nitro benzene ring substituents is 1. The van der Waals surface area contributed by atoms with Crippen LogP contribution in [0.4, 0.5) is 15.3 Å². The molecule has 0 heterocycles. The molecular weight excluding hydrogens is 1490 g/mol. The first-order valence-electron chi connectivity index (χ1n) is 50.4. The number of allylic oxidation sites excluding steroid dienone is 16. The highest BCUT2D eigenvalue weighted by molar-refractivity contribution is 5.64. The van der Waals surface area contributed by atoms with Gasteiger partial charge in [0, 0.05) is 63.5 Å². The largest absolute Gasteiger partial charge is 0.514 e. The van der Waals surface area contributed by atoms with E-state index < -0.39 is 17.2 Å². The first kappa shape index (κ1) is 117. The van der Waals surface area contributed by atoms with Crippen LogP contribution >= 0.6 is 0 Å². The smallest absolute Gasteiger partial charge is 0.433 e. The second kappa shape index (κ2) is 94.6. The number of nitro groups is 1. The van der Waals surface area contributed by atoms with Crippen molar-refractivity contribution in [2.24, 2.45) is 0 Å². The molecule has 1 aromatic rings. The Labute approximate surface area is 742 Å². The van der Waals surface area contributed by atoms with E-state index in [1.54, 1.807) is 0 Å².